The summed E-state index contributed by atoms with van der Waals surface area (Å²) in [6.07, 6.45) is 3.07. The predicted molar refractivity (Wildman–Crippen MR) is 100 cm³/mol. The lowest BCUT2D eigenvalue weighted by Crippen LogP contribution is -2.37. The lowest BCUT2D eigenvalue weighted by Gasteiger charge is -2.28. The Bertz CT molecular complexity index is 963. The SMILES string of the molecule is CC(C)NC(=O)C1=CN(C(=O)c2ccc(F)c(F)c2)CC(C)(C)c2cn[nH]c21. The van der Waals surface area contributed by atoms with Crippen LogP contribution < -0.4 is 5.32 Å². The number of halogens is 2. The number of rotatable bonds is 3. The second kappa shape index (κ2) is 7.18. The summed E-state index contributed by atoms with van der Waals surface area (Å²) in [7, 11) is 0. The maximum absolute atomic E-state index is 13.6. The monoisotopic (exact) mass is 388 g/mol. The highest BCUT2D eigenvalue weighted by atomic mass is 19.2. The van der Waals surface area contributed by atoms with Gasteiger partial charge in [0.25, 0.3) is 11.8 Å². The van der Waals surface area contributed by atoms with Crippen LogP contribution in [0.5, 0.6) is 0 Å². The number of fused-ring (bicyclic) bond motifs is 1. The minimum Gasteiger partial charge on any atom is -0.350 e. The number of benzene rings is 1. The van der Waals surface area contributed by atoms with Crippen molar-refractivity contribution in [2.45, 2.75) is 39.2 Å². The molecule has 2 N–H and O–H groups in total. The van der Waals surface area contributed by atoms with Crippen molar-refractivity contribution in [2.75, 3.05) is 6.54 Å². The van der Waals surface area contributed by atoms with E-state index in [2.05, 4.69) is 15.5 Å². The number of aromatic amines is 1. The Balaban J connectivity index is 2.07. The minimum absolute atomic E-state index is 0.00162. The fraction of sp³-hybridized carbons (Fsp3) is 0.350. The number of nitrogens with zero attached hydrogens (tertiary/aromatic N) is 2. The maximum Gasteiger partial charge on any atom is 0.257 e. The van der Waals surface area contributed by atoms with Gasteiger partial charge in [0.05, 0.1) is 17.5 Å². The molecular weight excluding hydrogens is 366 g/mol. The summed E-state index contributed by atoms with van der Waals surface area (Å²) in [5.41, 5.74) is 1.04. The molecule has 2 aromatic rings. The van der Waals surface area contributed by atoms with E-state index in [1.165, 1.54) is 17.2 Å². The van der Waals surface area contributed by atoms with Gasteiger partial charge in [-0.2, -0.15) is 5.10 Å². The Labute approximate surface area is 161 Å². The van der Waals surface area contributed by atoms with Crippen molar-refractivity contribution < 1.29 is 18.4 Å². The number of hydrogen-bond acceptors (Lipinski definition) is 3. The summed E-state index contributed by atoms with van der Waals surface area (Å²) in [4.78, 5) is 27.1. The Kier molecular flexibility index (Phi) is 5.06. The highest BCUT2D eigenvalue weighted by molar-refractivity contribution is 6.20. The van der Waals surface area contributed by atoms with Gasteiger partial charge >= 0.3 is 0 Å². The van der Waals surface area contributed by atoms with Gasteiger partial charge in [-0.1, -0.05) is 13.8 Å². The molecule has 8 heteroatoms. The van der Waals surface area contributed by atoms with E-state index in [0.29, 0.717) is 5.69 Å². The third-order valence-corrected chi connectivity index (χ3v) is 4.58. The topological polar surface area (TPSA) is 78.1 Å². The molecule has 28 heavy (non-hydrogen) atoms. The average Bonchev–Trinajstić information content (AvgIpc) is 3.06. The molecular formula is C20H22F2N4O2. The summed E-state index contributed by atoms with van der Waals surface area (Å²) >= 11 is 0. The first-order valence-electron chi connectivity index (χ1n) is 8.93. The standard InChI is InChI=1S/C20H22F2N4O2/c1-11(2)24-18(27)13-9-26(10-20(3,4)14-8-23-25-17(13)14)19(28)12-5-6-15(21)16(22)7-12/h5-9,11H,10H2,1-4H3,(H,23,25)(H,24,27). The van der Waals surface area contributed by atoms with Crippen LogP contribution in [0.25, 0.3) is 5.57 Å². The average molecular weight is 388 g/mol. The van der Waals surface area contributed by atoms with E-state index in [1.54, 1.807) is 6.20 Å². The third-order valence-electron chi connectivity index (χ3n) is 4.58. The molecule has 3 rings (SSSR count). The molecule has 0 atom stereocenters. The van der Waals surface area contributed by atoms with E-state index in [0.717, 1.165) is 17.7 Å². The zero-order valence-corrected chi connectivity index (χ0v) is 16.1. The van der Waals surface area contributed by atoms with Crippen molar-refractivity contribution in [3.63, 3.8) is 0 Å². The normalized spacial score (nSPS) is 15.7. The van der Waals surface area contributed by atoms with E-state index >= 15 is 0 Å². The molecule has 0 unspecified atom stereocenters. The summed E-state index contributed by atoms with van der Waals surface area (Å²) in [6, 6.07) is 2.89. The van der Waals surface area contributed by atoms with Crippen LogP contribution >= 0.6 is 0 Å². The molecule has 0 saturated heterocycles. The van der Waals surface area contributed by atoms with Gasteiger partial charge in [0.1, 0.15) is 0 Å². The van der Waals surface area contributed by atoms with Gasteiger partial charge in [-0.15, -0.1) is 0 Å². The largest absolute Gasteiger partial charge is 0.350 e. The van der Waals surface area contributed by atoms with Gasteiger partial charge in [-0.3, -0.25) is 14.7 Å². The molecule has 2 amide bonds. The summed E-state index contributed by atoms with van der Waals surface area (Å²) in [5.74, 6) is -3.02. The van der Waals surface area contributed by atoms with Gasteiger partial charge < -0.3 is 10.2 Å². The summed E-state index contributed by atoms with van der Waals surface area (Å²) < 4.78 is 26.9. The van der Waals surface area contributed by atoms with Crippen LogP contribution in [0.1, 0.15) is 49.3 Å². The number of carbonyl (C=O) groups excluding carboxylic acids is 2. The van der Waals surface area contributed by atoms with Crippen molar-refractivity contribution in [2.24, 2.45) is 0 Å². The molecule has 0 radical (unpaired) electrons. The molecule has 0 aliphatic carbocycles. The zero-order valence-electron chi connectivity index (χ0n) is 16.1. The molecule has 1 aliphatic heterocycles. The van der Waals surface area contributed by atoms with Gasteiger partial charge in [0.15, 0.2) is 11.6 Å². The maximum atomic E-state index is 13.6. The van der Waals surface area contributed by atoms with Crippen LogP contribution in [0, 0.1) is 11.6 Å². The summed E-state index contributed by atoms with van der Waals surface area (Å²) in [6.45, 7) is 7.73. The van der Waals surface area contributed by atoms with Gasteiger partial charge in [0, 0.05) is 35.3 Å². The number of amides is 2. The second-order valence-electron chi connectivity index (χ2n) is 7.78. The number of H-pyrrole nitrogens is 1. The lowest BCUT2D eigenvalue weighted by atomic mass is 9.84. The zero-order chi connectivity index (χ0) is 20.6. The Morgan fingerprint density at radius 1 is 1.25 bits per heavy atom. The fourth-order valence-electron chi connectivity index (χ4n) is 3.22. The lowest BCUT2D eigenvalue weighted by molar-refractivity contribution is -0.116. The van der Waals surface area contributed by atoms with Crippen LogP contribution in [0.15, 0.2) is 30.6 Å². The van der Waals surface area contributed by atoms with E-state index in [9.17, 15) is 18.4 Å². The molecule has 2 heterocycles. The molecule has 1 aromatic carbocycles. The van der Waals surface area contributed by atoms with Crippen LogP contribution in [-0.2, 0) is 10.2 Å². The van der Waals surface area contributed by atoms with E-state index in [1.807, 2.05) is 27.7 Å². The van der Waals surface area contributed by atoms with Crippen molar-refractivity contribution in [3.05, 3.63) is 59.1 Å². The molecule has 0 fully saturated rings. The summed E-state index contributed by atoms with van der Waals surface area (Å²) in [5, 5.41) is 9.72. The molecule has 0 bridgehead atoms. The number of hydrogen-bond donors (Lipinski definition) is 2. The minimum atomic E-state index is -1.10. The van der Waals surface area contributed by atoms with Gasteiger partial charge in [-0.05, 0) is 32.0 Å². The van der Waals surface area contributed by atoms with Crippen LogP contribution in [-0.4, -0.2) is 39.5 Å². The first-order valence-corrected chi connectivity index (χ1v) is 8.93. The Morgan fingerprint density at radius 2 is 1.96 bits per heavy atom. The Hall–Kier alpha value is -3.03. The Morgan fingerprint density at radius 3 is 2.61 bits per heavy atom. The van der Waals surface area contributed by atoms with Crippen molar-refractivity contribution in [1.82, 2.24) is 20.4 Å². The van der Waals surface area contributed by atoms with Crippen LogP contribution in [0.4, 0.5) is 8.78 Å². The number of nitrogens with one attached hydrogen (secondary N) is 2. The molecule has 148 valence electrons. The smallest absolute Gasteiger partial charge is 0.257 e. The van der Waals surface area contributed by atoms with E-state index < -0.39 is 23.0 Å². The molecule has 0 saturated carbocycles. The van der Waals surface area contributed by atoms with Gasteiger partial charge in [-0.25, -0.2) is 8.78 Å². The second-order valence-corrected chi connectivity index (χ2v) is 7.78. The third kappa shape index (κ3) is 3.67. The van der Waals surface area contributed by atoms with Crippen molar-refractivity contribution in [3.8, 4) is 0 Å². The van der Waals surface area contributed by atoms with E-state index in [4.69, 9.17) is 0 Å². The molecule has 0 spiro atoms. The first-order chi connectivity index (χ1) is 13.1. The van der Waals surface area contributed by atoms with Gasteiger partial charge in [0.2, 0.25) is 0 Å². The highest BCUT2D eigenvalue weighted by Gasteiger charge is 2.35. The van der Waals surface area contributed by atoms with Crippen molar-refractivity contribution >= 4 is 17.4 Å². The molecule has 1 aliphatic rings. The van der Waals surface area contributed by atoms with Crippen molar-refractivity contribution in [1.29, 1.82) is 0 Å². The molecule has 6 nitrogen and oxygen atoms in total. The number of carbonyl (C=O) groups is 2. The van der Waals surface area contributed by atoms with E-state index in [-0.39, 0.29) is 29.6 Å². The quantitative estimate of drug-likeness (QED) is 0.849. The van der Waals surface area contributed by atoms with Crippen LogP contribution in [0.2, 0.25) is 0 Å². The fourth-order valence-corrected chi connectivity index (χ4v) is 3.22. The number of aromatic nitrogens is 2. The van der Waals surface area contributed by atoms with Crippen LogP contribution in [0.3, 0.4) is 0 Å². The first kappa shape index (κ1) is 19.7. The molecule has 1 aromatic heterocycles. The highest BCUT2D eigenvalue weighted by Crippen LogP contribution is 2.34. The predicted octanol–water partition coefficient (Wildman–Crippen LogP) is 2.99.